The number of hydrogen-bond acceptors (Lipinski definition) is 3. The number of aromatic nitrogens is 4. The van der Waals surface area contributed by atoms with E-state index in [4.69, 9.17) is 0 Å². The Hall–Kier alpha value is -2.17. The normalized spacial score (nSPS) is 11.1. The second kappa shape index (κ2) is 4.14. The van der Waals surface area contributed by atoms with Gasteiger partial charge in [0.05, 0.1) is 18.0 Å². The summed E-state index contributed by atoms with van der Waals surface area (Å²) >= 11 is 0. The molecule has 0 saturated heterocycles. The molecule has 0 radical (unpaired) electrons. The molecule has 0 saturated carbocycles. The van der Waals surface area contributed by atoms with E-state index < -0.39 is 0 Å². The molecule has 5 nitrogen and oxygen atoms in total. The van der Waals surface area contributed by atoms with Crippen molar-refractivity contribution in [2.75, 3.05) is 0 Å². The van der Waals surface area contributed by atoms with E-state index in [2.05, 4.69) is 10.2 Å². The molecule has 82 valence electrons. The first-order valence-corrected chi connectivity index (χ1v) is 4.85. The Morgan fingerprint density at radius 2 is 1.88 bits per heavy atom. The Balaban J connectivity index is 2.10. The highest BCUT2D eigenvalue weighted by molar-refractivity contribution is 6.06. The van der Waals surface area contributed by atoms with E-state index in [-0.39, 0.29) is 5.78 Å². The fraction of sp³-hybridized carbons (Fsp3) is 0.182. The van der Waals surface area contributed by atoms with Crippen molar-refractivity contribution in [1.29, 1.82) is 0 Å². The van der Waals surface area contributed by atoms with Gasteiger partial charge in [-0.2, -0.15) is 10.2 Å². The number of carbonyl (C=O) groups excluding carboxylic acids is 1. The van der Waals surface area contributed by atoms with Gasteiger partial charge in [-0.05, 0) is 12.2 Å². The molecule has 0 aromatic carbocycles. The summed E-state index contributed by atoms with van der Waals surface area (Å²) in [5.41, 5.74) is 1.49. The molecule has 5 heteroatoms. The highest BCUT2D eigenvalue weighted by atomic mass is 16.1. The molecule has 16 heavy (non-hydrogen) atoms. The minimum absolute atomic E-state index is 0.0584. The summed E-state index contributed by atoms with van der Waals surface area (Å²) in [7, 11) is 3.61. The van der Waals surface area contributed by atoms with Crippen LogP contribution in [0.1, 0.15) is 15.9 Å². The Morgan fingerprint density at radius 1 is 1.19 bits per heavy atom. The maximum Gasteiger partial charge on any atom is 0.189 e. The Labute approximate surface area is 93.0 Å². The standard InChI is InChI=1S/C11H12N4O/c1-14-7-9(5-12-14)3-4-11(16)10-6-13-15(2)8-10/h3-8H,1-2H3/b4-3-. The van der Waals surface area contributed by atoms with Gasteiger partial charge >= 0.3 is 0 Å². The van der Waals surface area contributed by atoms with Crippen LogP contribution in [0.5, 0.6) is 0 Å². The van der Waals surface area contributed by atoms with Gasteiger partial charge in [0.1, 0.15) is 0 Å². The van der Waals surface area contributed by atoms with Crippen LogP contribution in [0.4, 0.5) is 0 Å². The Kier molecular flexibility index (Phi) is 2.68. The molecule has 0 aliphatic rings. The summed E-state index contributed by atoms with van der Waals surface area (Å²) in [5.74, 6) is -0.0584. The summed E-state index contributed by atoms with van der Waals surface area (Å²) in [6.45, 7) is 0. The zero-order valence-electron chi connectivity index (χ0n) is 9.16. The van der Waals surface area contributed by atoms with Gasteiger partial charge in [-0.15, -0.1) is 0 Å². The average molecular weight is 216 g/mol. The fourth-order valence-electron chi connectivity index (χ4n) is 1.34. The van der Waals surface area contributed by atoms with Crippen molar-refractivity contribution in [3.63, 3.8) is 0 Å². The average Bonchev–Trinajstić information content (AvgIpc) is 2.84. The van der Waals surface area contributed by atoms with Gasteiger partial charge in [-0.25, -0.2) is 0 Å². The Morgan fingerprint density at radius 3 is 2.44 bits per heavy atom. The Bertz CT molecular complexity index is 536. The molecule has 2 heterocycles. The van der Waals surface area contributed by atoms with Crippen molar-refractivity contribution in [1.82, 2.24) is 19.6 Å². The number of rotatable bonds is 3. The van der Waals surface area contributed by atoms with Crippen LogP contribution in [0.25, 0.3) is 6.08 Å². The third-order valence-electron chi connectivity index (χ3n) is 2.14. The van der Waals surface area contributed by atoms with Gasteiger partial charge in [0, 0.05) is 32.1 Å². The van der Waals surface area contributed by atoms with E-state index in [1.807, 2.05) is 13.2 Å². The number of allylic oxidation sites excluding steroid dienone is 1. The maximum absolute atomic E-state index is 11.7. The molecule has 2 rings (SSSR count). The first kappa shape index (κ1) is 10.4. The molecule has 0 fully saturated rings. The third kappa shape index (κ3) is 2.25. The molecule has 2 aromatic heterocycles. The summed E-state index contributed by atoms with van der Waals surface area (Å²) in [4.78, 5) is 11.7. The number of ketones is 1. The number of nitrogens with zero attached hydrogens (tertiary/aromatic N) is 4. The van der Waals surface area contributed by atoms with Crippen LogP contribution in [0.2, 0.25) is 0 Å². The van der Waals surface area contributed by atoms with E-state index in [1.54, 1.807) is 41.1 Å². The van der Waals surface area contributed by atoms with Crippen molar-refractivity contribution < 1.29 is 4.79 Å². The SMILES string of the molecule is Cn1cc(/C=C\C(=O)c2cnn(C)c2)cn1. The lowest BCUT2D eigenvalue weighted by atomic mass is 10.2. The largest absolute Gasteiger partial charge is 0.289 e. The summed E-state index contributed by atoms with van der Waals surface area (Å²) in [6.07, 6.45) is 10.0. The molecule has 0 atom stereocenters. The van der Waals surface area contributed by atoms with Crippen molar-refractivity contribution in [3.05, 3.63) is 42.0 Å². The predicted octanol–water partition coefficient (Wildman–Crippen LogP) is 1.05. The van der Waals surface area contributed by atoms with Crippen LogP contribution in [-0.4, -0.2) is 25.3 Å². The van der Waals surface area contributed by atoms with Crippen molar-refractivity contribution in [2.24, 2.45) is 14.1 Å². The topological polar surface area (TPSA) is 52.7 Å². The van der Waals surface area contributed by atoms with Crippen molar-refractivity contribution in [2.45, 2.75) is 0 Å². The quantitative estimate of drug-likeness (QED) is 0.569. The van der Waals surface area contributed by atoms with E-state index in [9.17, 15) is 4.79 Å². The van der Waals surface area contributed by atoms with Gasteiger partial charge in [-0.1, -0.05) is 0 Å². The first-order valence-electron chi connectivity index (χ1n) is 4.85. The highest BCUT2D eigenvalue weighted by Crippen LogP contribution is 2.03. The lowest BCUT2D eigenvalue weighted by molar-refractivity contribution is 0.104. The van der Waals surface area contributed by atoms with E-state index >= 15 is 0 Å². The van der Waals surface area contributed by atoms with Gasteiger partial charge in [0.2, 0.25) is 0 Å². The van der Waals surface area contributed by atoms with Crippen LogP contribution in [0, 0.1) is 0 Å². The number of aryl methyl sites for hydroxylation is 2. The molecule has 0 aliphatic carbocycles. The summed E-state index contributed by atoms with van der Waals surface area (Å²) in [6, 6.07) is 0. The molecule has 0 N–H and O–H groups in total. The predicted molar refractivity (Wildman–Crippen MR) is 59.8 cm³/mol. The van der Waals surface area contributed by atoms with Gasteiger partial charge in [0.15, 0.2) is 5.78 Å². The monoisotopic (exact) mass is 216 g/mol. The molecule has 0 bridgehead atoms. The zero-order chi connectivity index (χ0) is 11.5. The van der Waals surface area contributed by atoms with Crippen LogP contribution in [-0.2, 0) is 14.1 Å². The molecular weight excluding hydrogens is 204 g/mol. The lowest BCUT2D eigenvalue weighted by Gasteiger charge is -1.87. The van der Waals surface area contributed by atoms with Gasteiger partial charge in [0.25, 0.3) is 0 Å². The van der Waals surface area contributed by atoms with E-state index in [0.29, 0.717) is 5.56 Å². The molecule has 0 spiro atoms. The zero-order valence-corrected chi connectivity index (χ0v) is 9.16. The molecule has 0 amide bonds. The molecule has 2 aromatic rings. The summed E-state index contributed by atoms with van der Waals surface area (Å²) in [5, 5.41) is 7.95. The van der Waals surface area contributed by atoms with Crippen molar-refractivity contribution >= 4 is 11.9 Å². The van der Waals surface area contributed by atoms with E-state index in [0.717, 1.165) is 5.56 Å². The fourth-order valence-corrected chi connectivity index (χ4v) is 1.34. The highest BCUT2D eigenvalue weighted by Gasteiger charge is 2.03. The van der Waals surface area contributed by atoms with Crippen LogP contribution >= 0.6 is 0 Å². The lowest BCUT2D eigenvalue weighted by Crippen LogP contribution is -1.91. The second-order valence-electron chi connectivity index (χ2n) is 3.55. The third-order valence-corrected chi connectivity index (χ3v) is 2.14. The second-order valence-corrected chi connectivity index (χ2v) is 3.55. The van der Waals surface area contributed by atoms with E-state index in [1.165, 1.54) is 6.08 Å². The number of hydrogen-bond donors (Lipinski definition) is 0. The first-order chi connectivity index (χ1) is 7.65. The van der Waals surface area contributed by atoms with Gasteiger partial charge in [-0.3, -0.25) is 14.2 Å². The maximum atomic E-state index is 11.7. The minimum atomic E-state index is -0.0584. The molecule has 0 unspecified atom stereocenters. The van der Waals surface area contributed by atoms with Crippen molar-refractivity contribution in [3.8, 4) is 0 Å². The van der Waals surface area contributed by atoms with Gasteiger partial charge < -0.3 is 0 Å². The smallest absolute Gasteiger partial charge is 0.189 e. The molecule has 0 aliphatic heterocycles. The minimum Gasteiger partial charge on any atom is -0.289 e. The molecular formula is C11H12N4O. The van der Waals surface area contributed by atoms with Crippen LogP contribution in [0.3, 0.4) is 0 Å². The number of carbonyl (C=O) groups is 1. The van der Waals surface area contributed by atoms with Crippen LogP contribution < -0.4 is 0 Å². The van der Waals surface area contributed by atoms with Crippen LogP contribution in [0.15, 0.2) is 30.9 Å². The summed E-state index contributed by atoms with van der Waals surface area (Å²) < 4.78 is 3.29.